The summed E-state index contributed by atoms with van der Waals surface area (Å²) < 4.78 is 42.1. The molecule has 0 aliphatic heterocycles. The highest BCUT2D eigenvalue weighted by molar-refractivity contribution is 6.30. The van der Waals surface area contributed by atoms with E-state index in [-0.39, 0.29) is 6.42 Å². The number of hydrogen-bond acceptors (Lipinski definition) is 3. The van der Waals surface area contributed by atoms with Crippen LogP contribution in [0, 0.1) is 0 Å². The van der Waals surface area contributed by atoms with E-state index in [1.54, 1.807) is 24.3 Å². The molecular weight excluding hydrogens is 359 g/mol. The van der Waals surface area contributed by atoms with E-state index in [1.165, 1.54) is 12.1 Å². The number of carbonyl (C=O) groups excluding carboxylic acids is 2. The van der Waals surface area contributed by atoms with Crippen molar-refractivity contribution in [2.24, 2.45) is 0 Å². The van der Waals surface area contributed by atoms with Crippen molar-refractivity contribution < 1.29 is 27.5 Å². The van der Waals surface area contributed by atoms with Crippen molar-refractivity contribution in [2.75, 3.05) is 11.9 Å². The largest absolute Gasteiger partial charge is 0.455 e. The Labute approximate surface area is 146 Å². The van der Waals surface area contributed by atoms with Crippen LogP contribution in [0.2, 0.25) is 5.02 Å². The number of rotatable bonds is 5. The molecule has 2 aromatic rings. The molecule has 0 spiro atoms. The molecule has 132 valence electrons. The van der Waals surface area contributed by atoms with Crippen molar-refractivity contribution in [3.8, 4) is 0 Å². The number of carbonyl (C=O) groups is 2. The summed E-state index contributed by atoms with van der Waals surface area (Å²) in [5.74, 6) is -1.26. The predicted octanol–water partition coefficient (Wildman–Crippen LogP) is 4.08. The van der Waals surface area contributed by atoms with Crippen LogP contribution < -0.4 is 5.32 Å². The molecule has 25 heavy (non-hydrogen) atoms. The van der Waals surface area contributed by atoms with Gasteiger partial charge in [0, 0.05) is 10.7 Å². The maximum Gasteiger partial charge on any atom is 0.416 e. The summed E-state index contributed by atoms with van der Waals surface area (Å²) >= 11 is 5.72. The smallest absolute Gasteiger partial charge is 0.416 e. The Morgan fingerprint density at radius 1 is 1.00 bits per heavy atom. The fourth-order valence-electron chi connectivity index (χ4n) is 1.91. The van der Waals surface area contributed by atoms with Crippen molar-refractivity contribution in [1.82, 2.24) is 0 Å². The molecule has 2 rings (SSSR count). The maximum absolute atomic E-state index is 12.4. The van der Waals surface area contributed by atoms with E-state index in [9.17, 15) is 22.8 Å². The van der Waals surface area contributed by atoms with Crippen LogP contribution in [0.4, 0.5) is 18.9 Å². The Morgan fingerprint density at radius 2 is 1.60 bits per heavy atom. The van der Waals surface area contributed by atoms with Crippen LogP contribution in [0.1, 0.15) is 11.1 Å². The first-order chi connectivity index (χ1) is 11.7. The molecule has 0 unspecified atom stereocenters. The van der Waals surface area contributed by atoms with Crippen LogP contribution in [-0.4, -0.2) is 18.5 Å². The van der Waals surface area contributed by atoms with E-state index in [0.717, 1.165) is 12.1 Å². The highest BCUT2D eigenvalue weighted by Gasteiger charge is 2.30. The molecule has 0 aliphatic rings. The third-order valence-corrected chi connectivity index (χ3v) is 3.37. The van der Waals surface area contributed by atoms with Gasteiger partial charge < -0.3 is 10.1 Å². The summed E-state index contributed by atoms with van der Waals surface area (Å²) in [4.78, 5) is 23.3. The summed E-state index contributed by atoms with van der Waals surface area (Å²) in [6, 6.07) is 10.5. The van der Waals surface area contributed by atoms with Crippen molar-refractivity contribution in [3.05, 3.63) is 64.7 Å². The van der Waals surface area contributed by atoms with Crippen LogP contribution in [0.3, 0.4) is 0 Å². The average Bonchev–Trinajstić information content (AvgIpc) is 2.55. The average molecular weight is 372 g/mol. The number of anilines is 1. The van der Waals surface area contributed by atoms with E-state index < -0.39 is 30.2 Å². The second-order valence-corrected chi connectivity index (χ2v) is 5.52. The monoisotopic (exact) mass is 371 g/mol. The molecule has 0 saturated carbocycles. The Hall–Kier alpha value is -2.54. The maximum atomic E-state index is 12.4. The number of amides is 1. The lowest BCUT2D eigenvalue weighted by molar-refractivity contribution is -0.146. The molecule has 0 heterocycles. The zero-order chi connectivity index (χ0) is 18.4. The minimum atomic E-state index is -4.43. The number of halogens is 4. The number of alkyl halides is 3. The number of esters is 1. The SMILES string of the molecule is O=C(COC(=O)Cc1ccc(C(F)(F)F)cc1)Nc1ccc(Cl)cc1. The molecule has 0 bridgehead atoms. The number of ether oxygens (including phenoxy) is 1. The van der Waals surface area contributed by atoms with Gasteiger partial charge in [0.25, 0.3) is 5.91 Å². The van der Waals surface area contributed by atoms with Gasteiger partial charge in [-0.05, 0) is 42.0 Å². The first-order valence-corrected chi connectivity index (χ1v) is 7.49. The summed E-state index contributed by atoms with van der Waals surface area (Å²) in [5, 5.41) is 3.03. The van der Waals surface area contributed by atoms with Crippen LogP contribution in [-0.2, 0) is 26.9 Å². The zero-order valence-electron chi connectivity index (χ0n) is 12.8. The highest BCUT2D eigenvalue weighted by atomic mass is 35.5. The topological polar surface area (TPSA) is 55.4 Å². The fraction of sp³-hybridized carbons (Fsp3) is 0.176. The van der Waals surface area contributed by atoms with Crippen LogP contribution >= 0.6 is 11.6 Å². The molecule has 0 aliphatic carbocycles. The van der Waals surface area contributed by atoms with Crippen LogP contribution in [0.25, 0.3) is 0 Å². The van der Waals surface area contributed by atoms with Crippen molar-refractivity contribution in [2.45, 2.75) is 12.6 Å². The first kappa shape index (κ1) is 18.8. The van der Waals surface area contributed by atoms with Crippen molar-refractivity contribution in [3.63, 3.8) is 0 Å². The molecule has 8 heteroatoms. The molecule has 0 aromatic heterocycles. The Kier molecular flexibility index (Phi) is 6.03. The highest BCUT2D eigenvalue weighted by Crippen LogP contribution is 2.29. The lowest BCUT2D eigenvalue weighted by Gasteiger charge is -2.08. The summed E-state index contributed by atoms with van der Waals surface area (Å²) in [5.41, 5.74) is 0.0521. The Bertz CT molecular complexity index is 743. The van der Waals surface area contributed by atoms with E-state index >= 15 is 0 Å². The second-order valence-electron chi connectivity index (χ2n) is 5.09. The summed E-state index contributed by atoms with van der Waals surface area (Å²) in [6.07, 6.45) is -4.66. The van der Waals surface area contributed by atoms with Gasteiger partial charge in [0.2, 0.25) is 0 Å². The molecule has 0 radical (unpaired) electrons. The minimum Gasteiger partial charge on any atom is -0.455 e. The molecule has 4 nitrogen and oxygen atoms in total. The van der Waals surface area contributed by atoms with Gasteiger partial charge in [-0.2, -0.15) is 13.2 Å². The molecule has 0 fully saturated rings. The fourth-order valence-corrected chi connectivity index (χ4v) is 2.03. The molecule has 0 atom stereocenters. The Morgan fingerprint density at radius 3 is 2.16 bits per heavy atom. The van der Waals surface area contributed by atoms with E-state index in [2.05, 4.69) is 5.32 Å². The third kappa shape index (κ3) is 6.11. The lowest BCUT2D eigenvalue weighted by atomic mass is 10.1. The van der Waals surface area contributed by atoms with Gasteiger partial charge in [-0.3, -0.25) is 9.59 Å². The predicted molar refractivity (Wildman–Crippen MR) is 86.2 cm³/mol. The first-order valence-electron chi connectivity index (χ1n) is 7.11. The van der Waals surface area contributed by atoms with Crippen molar-refractivity contribution in [1.29, 1.82) is 0 Å². The third-order valence-electron chi connectivity index (χ3n) is 3.12. The molecule has 1 amide bonds. The van der Waals surface area contributed by atoms with Gasteiger partial charge in [-0.1, -0.05) is 23.7 Å². The summed E-state index contributed by atoms with van der Waals surface area (Å²) in [6.45, 7) is -0.498. The van der Waals surface area contributed by atoms with Crippen molar-refractivity contribution >= 4 is 29.2 Å². The Balaban J connectivity index is 1.80. The van der Waals surface area contributed by atoms with Crippen LogP contribution in [0.5, 0.6) is 0 Å². The minimum absolute atomic E-state index is 0.230. The number of hydrogen-bond donors (Lipinski definition) is 1. The van der Waals surface area contributed by atoms with Gasteiger partial charge in [0.1, 0.15) is 0 Å². The second kappa shape index (κ2) is 8.02. The van der Waals surface area contributed by atoms with Gasteiger partial charge in [-0.15, -0.1) is 0 Å². The zero-order valence-corrected chi connectivity index (χ0v) is 13.5. The molecule has 0 saturated heterocycles. The number of nitrogens with one attached hydrogen (secondary N) is 1. The quantitative estimate of drug-likeness (QED) is 0.806. The van der Waals surface area contributed by atoms with Gasteiger partial charge >= 0.3 is 12.1 Å². The van der Waals surface area contributed by atoms with Gasteiger partial charge in [-0.25, -0.2) is 0 Å². The van der Waals surface area contributed by atoms with E-state index in [4.69, 9.17) is 16.3 Å². The number of benzene rings is 2. The molecule has 1 N–H and O–H groups in total. The molecular formula is C17H13ClF3NO3. The summed E-state index contributed by atoms with van der Waals surface area (Å²) in [7, 11) is 0. The standard InChI is InChI=1S/C17H13ClF3NO3/c18-13-5-7-14(8-6-13)22-15(23)10-25-16(24)9-11-1-3-12(4-2-11)17(19,20)21/h1-8H,9-10H2,(H,22,23). The van der Waals surface area contributed by atoms with Gasteiger partial charge in [0.05, 0.1) is 12.0 Å². The normalized spacial score (nSPS) is 11.0. The lowest BCUT2D eigenvalue weighted by Crippen LogP contribution is -2.21. The van der Waals surface area contributed by atoms with E-state index in [0.29, 0.717) is 16.3 Å². The molecule has 2 aromatic carbocycles. The van der Waals surface area contributed by atoms with Gasteiger partial charge in [0.15, 0.2) is 6.61 Å². The van der Waals surface area contributed by atoms with Crippen LogP contribution in [0.15, 0.2) is 48.5 Å². The van der Waals surface area contributed by atoms with E-state index in [1.807, 2.05) is 0 Å².